The third kappa shape index (κ3) is 6.74. The summed E-state index contributed by atoms with van der Waals surface area (Å²) in [6, 6.07) is 6.11. The van der Waals surface area contributed by atoms with Crippen LogP contribution in [-0.4, -0.2) is 60.9 Å². The first-order valence-electron chi connectivity index (χ1n) is 13.4. The Balaban J connectivity index is 1.50. The summed E-state index contributed by atoms with van der Waals surface area (Å²) in [5, 5.41) is 15.4. The maximum Gasteiger partial charge on any atom is 0.421 e. The lowest BCUT2D eigenvalue weighted by Gasteiger charge is -2.27. The van der Waals surface area contributed by atoms with Gasteiger partial charge in [0.15, 0.2) is 0 Å². The number of alkyl halides is 3. The summed E-state index contributed by atoms with van der Waals surface area (Å²) in [6.07, 6.45) is -2.43. The van der Waals surface area contributed by atoms with Gasteiger partial charge in [-0.25, -0.2) is 9.97 Å². The molecule has 5 N–H and O–H groups in total. The van der Waals surface area contributed by atoms with E-state index >= 15 is 0 Å². The highest BCUT2D eigenvalue weighted by Crippen LogP contribution is 2.43. The van der Waals surface area contributed by atoms with Gasteiger partial charge in [-0.15, -0.1) is 0 Å². The third-order valence-corrected chi connectivity index (χ3v) is 8.25. The number of aliphatic hydroxyl groups is 1. The molecule has 0 saturated heterocycles. The molecule has 16 heteroatoms. The number of ether oxygens (including phenoxy) is 1. The number of methoxy groups -OCH3 is 1. The molecular weight excluding hydrogens is 592 g/mol. The predicted molar refractivity (Wildman–Crippen MR) is 150 cm³/mol. The second-order valence-corrected chi connectivity index (χ2v) is 12.3. The molecule has 0 bridgehead atoms. The zero-order valence-corrected chi connectivity index (χ0v) is 24.1. The number of halogens is 3. The van der Waals surface area contributed by atoms with Gasteiger partial charge in [0, 0.05) is 19.8 Å². The van der Waals surface area contributed by atoms with Crippen molar-refractivity contribution in [3.8, 4) is 5.88 Å². The van der Waals surface area contributed by atoms with Gasteiger partial charge in [-0.05, 0) is 60.9 Å². The second kappa shape index (κ2) is 11.7. The van der Waals surface area contributed by atoms with Gasteiger partial charge in [-0.3, -0.25) is 9.36 Å². The van der Waals surface area contributed by atoms with E-state index in [1.54, 1.807) is 13.1 Å². The smallest absolute Gasteiger partial charge is 0.421 e. The highest BCUT2D eigenvalue weighted by Gasteiger charge is 2.37. The average molecular weight is 623 g/mol. The molecule has 1 aromatic carbocycles. The molecule has 0 spiro atoms. The van der Waals surface area contributed by atoms with E-state index in [9.17, 15) is 37.4 Å². The summed E-state index contributed by atoms with van der Waals surface area (Å²) in [5.74, 6) is -1.13. The lowest BCUT2D eigenvalue weighted by atomic mass is 9.80. The molecule has 1 aliphatic heterocycles. The molecule has 0 atom stereocenters. The van der Waals surface area contributed by atoms with Crippen molar-refractivity contribution in [1.82, 2.24) is 19.9 Å². The Kier molecular flexibility index (Phi) is 8.36. The zero-order valence-electron chi connectivity index (χ0n) is 23.2. The number of pyridine rings is 1. The standard InChI is InChI=1S/C27H30F3N6O6P/c1-36-12-18-17(14-3-6-16(37)7-4-14)8-10-20(22(18)25(36)38)33-23-19(27(28,29)30)11-31-26(35-23)34-21-9-5-15(13-43(39,40)41)32-24(21)42-2/h5,8-11,14,16,37H,3-4,6-7,12-13H2,1-2H3,(H2,39,40,41)(H2,31,33,34,35). The summed E-state index contributed by atoms with van der Waals surface area (Å²) < 4.78 is 58.6. The van der Waals surface area contributed by atoms with E-state index in [0.717, 1.165) is 24.0 Å². The Labute approximate surface area is 244 Å². The van der Waals surface area contributed by atoms with Crippen molar-refractivity contribution in [2.24, 2.45) is 0 Å². The number of aliphatic hydroxyl groups excluding tert-OH is 1. The maximum absolute atomic E-state index is 14.0. The van der Waals surface area contributed by atoms with Gasteiger partial charge in [0.1, 0.15) is 17.1 Å². The minimum Gasteiger partial charge on any atom is -0.480 e. The first-order chi connectivity index (χ1) is 20.2. The molecule has 1 fully saturated rings. The fraction of sp³-hybridized carbons (Fsp3) is 0.407. The minimum atomic E-state index is -4.82. The minimum absolute atomic E-state index is 0.0442. The Hall–Kier alpha value is -3.78. The number of rotatable bonds is 8. The van der Waals surface area contributed by atoms with Crippen LogP contribution in [0.3, 0.4) is 0 Å². The molecule has 5 rings (SSSR count). The maximum atomic E-state index is 14.0. The summed E-state index contributed by atoms with van der Waals surface area (Å²) in [7, 11) is -1.51. The van der Waals surface area contributed by atoms with Gasteiger partial charge < -0.3 is 35.2 Å². The molecule has 230 valence electrons. The fourth-order valence-corrected chi connectivity index (χ4v) is 6.07. The van der Waals surface area contributed by atoms with Gasteiger partial charge in [0.2, 0.25) is 11.8 Å². The molecule has 43 heavy (non-hydrogen) atoms. The van der Waals surface area contributed by atoms with Crippen molar-refractivity contribution in [2.45, 2.75) is 56.6 Å². The Morgan fingerprint density at radius 2 is 1.77 bits per heavy atom. The van der Waals surface area contributed by atoms with Crippen molar-refractivity contribution in [1.29, 1.82) is 0 Å². The van der Waals surface area contributed by atoms with Crippen molar-refractivity contribution >= 4 is 36.6 Å². The molecule has 0 unspecified atom stereocenters. The molecule has 1 amide bonds. The van der Waals surface area contributed by atoms with Crippen molar-refractivity contribution in [3.05, 3.63) is 58.4 Å². The number of nitrogens with one attached hydrogen (secondary N) is 2. The molecule has 1 aliphatic carbocycles. The number of fused-ring (bicyclic) bond motifs is 1. The summed E-state index contributed by atoms with van der Waals surface area (Å²) in [6.45, 7) is 0.311. The summed E-state index contributed by atoms with van der Waals surface area (Å²) in [4.78, 5) is 45.0. The van der Waals surface area contributed by atoms with Crippen LogP contribution in [0.4, 0.5) is 36.3 Å². The first kappa shape index (κ1) is 30.7. The number of hydrogen-bond acceptors (Lipinski definition) is 9. The van der Waals surface area contributed by atoms with Crippen LogP contribution in [0.25, 0.3) is 0 Å². The largest absolute Gasteiger partial charge is 0.480 e. The lowest BCUT2D eigenvalue weighted by Crippen LogP contribution is -2.18. The Morgan fingerprint density at radius 3 is 2.42 bits per heavy atom. The number of aromatic nitrogens is 3. The molecule has 3 aromatic rings. The van der Waals surface area contributed by atoms with E-state index in [1.807, 2.05) is 6.07 Å². The van der Waals surface area contributed by atoms with Crippen molar-refractivity contribution in [2.75, 3.05) is 24.8 Å². The predicted octanol–water partition coefficient (Wildman–Crippen LogP) is 4.67. The van der Waals surface area contributed by atoms with Gasteiger partial charge in [-0.1, -0.05) is 6.07 Å². The van der Waals surface area contributed by atoms with Crippen LogP contribution < -0.4 is 15.4 Å². The highest BCUT2D eigenvalue weighted by molar-refractivity contribution is 7.50. The third-order valence-electron chi connectivity index (χ3n) is 7.51. The monoisotopic (exact) mass is 622 g/mol. The number of carbonyl (C=O) groups is 1. The van der Waals surface area contributed by atoms with E-state index in [2.05, 4.69) is 25.6 Å². The van der Waals surface area contributed by atoms with E-state index in [0.29, 0.717) is 25.6 Å². The number of hydrogen-bond donors (Lipinski definition) is 5. The molecule has 1 saturated carbocycles. The van der Waals surface area contributed by atoms with Crippen LogP contribution in [0.1, 0.15) is 64.3 Å². The van der Waals surface area contributed by atoms with Crippen LogP contribution in [0, 0.1) is 0 Å². The molecule has 3 heterocycles. The van der Waals surface area contributed by atoms with Crippen molar-refractivity contribution in [3.63, 3.8) is 0 Å². The van der Waals surface area contributed by atoms with Crippen LogP contribution in [0.15, 0.2) is 30.5 Å². The van der Waals surface area contributed by atoms with Crippen molar-refractivity contribution < 1.29 is 42.2 Å². The van der Waals surface area contributed by atoms with E-state index < -0.39 is 31.3 Å². The topological polar surface area (TPSA) is 170 Å². The molecule has 0 radical (unpaired) electrons. The number of amides is 1. The van der Waals surface area contributed by atoms with Gasteiger partial charge in [0.25, 0.3) is 5.91 Å². The summed E-state index contributed by atoms with van der Waals surface area (Å²) in [5.41, 5.74) is 1.17. The number of carbonyl (C=O) groups excluding carboxylic acids is 1. The average Bonchev–Trinajstić information content (AvgIpc) is 3.23. The number of benzene rings is 1. The molecule has 2 aliphatic rings. The SMILES string of the molecule is COc1nc(CP(=O)(O)O)ccc1Nc1ncc(C(F)(F)F)c(Nc2ccc(C3CCC(O)CC3)c3c2C(=O)N(C)C3)n1. The van der Waals surface area contributed by atoms with Gasteiger partial charge in [0.05, 0.1) is 36.3 Å². The van der Waals surface area contributed by atoms with E-state index in [4.69, 9.17) is 4.74 Å². The Bertz CT molecular complexity index is 1590. The summed E-state index contributed by atoms with van der Waals surface area (Å²) >= 11 is 0. The molecule has 12 nitrogen and oxygen atoms in total. The van der Waals surface area contributed by atoms with Crippen LogP contribution in [-0.2, 0) is 23.4 Å². The normalized spacial score (nSPS) is 18.9. The number of anilines is 4. The molecule has 2 aromatic heterocycles. The quantitative estimate of drug-likeness (QED) is 0.221. The lowest BCUT2D eigenvalue weighted by molar-refractivity contribution is -0.137. The zero-order chi connectivity index (χ0) is 31.1. The second-order valence-electron chi connectivity index (χ2n) is 10.6. The van der Waals surface area contributed by atoms with Gasteiger partial charge >= 0.3 is 13.8 Å². The number of nitrogens with zero attached hydrogens (tertiary/aromatic N) is 4. The van der Waals surface area contributed by atoms with Crippen LogP contribution in [0.5, 0.6) is 5.88 Å². The van der Waals surface area contributed by atoms with Crippen LogP contribution in [0.2, 0.25) is 0 Å². The van der Waals surface area contributed by atoms with Crippen LogP contribution >= 0.6 is 7.60 Å². The molecular formula is C27H30F3N6O6P. The highest BCUT2D eigenvalue weighted by atomic mass is 31.2. The first-order valence-corrected chi connectivity index (χ1v) is 15.2. The van der Waals surface area contributed by atoms with Gasteiger partial charge in [-0.2, -0.15) is 18.2 Å². The van der Waals surface area contributed by atoms with E-state index in [1.165, 1.54) is 24.1 Å². The fourth-order valence-electron chi connectivity index (χ4n) is 5.47. The Morgan fingerprint density at radius 1 is 1.07 bits per heavy atom. The van der Waals surface area contributed by atoms with E-state index in [-0.39, 0.29) is 52.4 Å².